The predicted octanol–water partition coefficient (Wildman–Crippen LogP) is 3.21. The van der Waals surface area contributed by atoms with Crippen LogP contribution in [0.4, 0.5) is 0 Å². The number of rotatable bonds is 3. The molecule has 1 unspecified atom stereocenters. The van der Waals surface area contributed by atoms with Crippen LogP contribution in [0.3, 0.4) is 0 Å². The molecule has 0 bridgehead atoms. The third-order valence-electron chi connectivity index (χ3n) is 3.55. The summed E-state index contributed by atoms with van der Waals surface area (Å²) in [4.78, 5) is 7.26. The molecule has 20 heavy (non-hydrogen) atoms. The van der Waals surface area contributed by atoms with E-state index in [0.717, 1.165) is 36.3 Å². The molecule has 106 valence electrons. The zero-order valence-corrected chi connectivity index (χ0v) is 13.9. The van der Waals surface area contributed by atoms with Crippen molar-refractivity contribution in [2.24, 2.45) is 0 Å². The first-order valence-electron chi connectivity index (χ1n) is 6.86. The number of aryl methyl sites for hydroxylation is 1. The Hall–Kier alpha value is -0.750. The molecule has 1 aliphatic rings. The largest absolute Gasteiger partial charge is 0.314 e. The van der Waals surface area contributed by atoms with Crippen LogP contribution in [0.15, 0.2) is 34.1 Å². The molecule has 0 radical (unpaired) electrons. The van der Waals surface area contributed by atoms with Crippen molar-refractivity contribution in [1.82, 2.24) is 15.2 Å². The highest BCUT2D eigenvalue weighted by Crippen LogP contribution is 2.32. The maximum atomic E-state index is 4.73. The van der Waals surface area contributed by atoms with Crippen LogP contribution in [-0.4, -0.2) is 36.1 Å². The van der Waals surface area contributed by atoms with Gasteiger partial charge in [-0.3, -0.25) is 4.90 Å². The lowest BCUT2D eigenvalue weighted by atomic mass is 10.1. The van der Waals surface area contributed by atoms with E-state index in [9.17, 15) is 0 Å². The van der Waals surface area contributed by atoms with Gasteiger partial charge in [-0.25, -0.2) is 4.98 Å². The van der Waals surface area contributed by atoms with Gasteiger partial charge in [-0.2, -0.15) is 0 Å². The number of nitrogens with one attached hydrogen (secondary N) is 1. The molecule has 1 N–H and O–H groups in total. The summed E-state index contributed by atoms with van der Waals surface area (Å²) < 4.78 is 1.13. The molecule has 2 heterocycles. The zero-order chi connectivity index (χ0) is 13.9. The quantitative estimate of drug-likeness (QED) is 0.920. The fourth-order valence-electron chi connectivity index (χ4n) is 2.62. The minimum Gasteiger partial charge on any atom is -0.314 e. The van der Waals surface area contributed by atoms with Gasteiger partial charge >= 0.3 is 0 Å². The Bertz CT molecular complexity index is 578. The maximum Gasteiger partial charge on any atom is 0.115 e. The van der Waals surface area contributed by atoms with E-state index < -0.39 is 0 Å². The molecule has 3 rings (SSSR count). The van der Waals surface area contributed by atoms with Crippen LogP contribution in [0.1, 0.15) is 22.3 Å². The molecule has 0 saturated carbocycles. The van der Waals surface area contributed by atoms with Gasteiger partial charge in [-0.1, -0.05) is 28.1 Å². The van der Waals surface area contributed by atoms with Crippen LogP contribution in [0.25, 0.3) is 0 Å². The first kappa shape index (κ1) is 14.2. The van der Waals surface area contributed by atoms with E-state index in [1.807, 2.05) is 0 Å². The molecule has 1 aromatic heterocycles. The lowest BCUT2D eigenvalue weighted by molar-refractivity contribution is 0.198. The van der Waals surface area contributed by atoms with Gasteiger partial charge in [0.05, 0.1) is 6.04 Å². The molecule has 0 aliphatic carbocycles. The molecule has 3 nitrogen and oxygen atoms in total. The van der Waals surface area contributed by atoms with Crippen LogP contribution in [0.5, 0.6) is 0 Å². The SMILES string of the molecule is Cc1csc(C(c2cccc(Br)c2)N2CCNCC2)n1. The molecule has 1 saturated heterocycles. The number of hydrogen-bond donors (Lipinski definition) is 1. The van der Waals surface area contributed by atoms with Crippen LogP contribution in [0.2, 0.25) is 0 Å². The van der Waals surface area contributed by atoms with Gasteiger partial charge in [-0.15, -0.1) is 11.3 Å². The van der Waals surface area contributed by atoms with Crippen LogP contribution >= 0.6 is 27.3 Å². The first-order valence-corrected chi connectivity index (χ1v) is 8.53. The molecule has 1 aliphatic heterocycles. The maximum absolute atomic E-state index is 4.73. The summed E-state index contributed by atoms with van der Waals surface area (Å²) in [6, 6.07) is 8.87. The molecule has 5 heteroatoms. The summed E-state index contributed by atoms with van der Waals surface area (Å²) in [5.74, 6) is 0. The normalized spacial score (nSPS) is 18.1. The van der Waals surface area contributed by atoms with Gasteiger partial charge in [0.15, 0.2) is 0 Å². The fourth-order valence-corrected chi connectivity index (χ4v) is 4.00. The van der Waals surface area contributed by atoms with Crippen molar-refractivity contribution in [1.29, 1.82) is 0 Å². The van der Waals surface area contributed by atoms with Crippen molar-refractivity contribution in [2.45, 2.75) is 13.0 Å². The minimum atomic E-state index is 0.272. The highest BCUT2D eigenvalue weighted by atomic mass is 79.9. The average molecular weight is 352 g/mol. The summed E-state index contributed by atoms with van der Waals surface area (Å²) in [5, 5.41) is 6.76. The lowest BCUT2D eigenvalue weighted by Crippen LogP contribution is -2.45. The Labute approximate surface area is 132 Å². The van der Waals surface area contributed by atoms with E-state index in [-0.39, 0.29) is 6.04 Å². The molecule has 1 aromatic carbocycles. The number of benzene rings is 1. The second kappa shape index (κ2) is 6.35. The third-order valence-corrected chi connectivity index (χ3v) is 5.06. The van der Waals surface area contributed by atoms with E-state index in [1.54, 1.807) is 11.3 Å². The average Bonchev–Trinajstić information content (AvgIpc) is 2.87. The Morgan fingerprint density at radius 3 is 2.80 bits per heavy atom. The van der Waals surface area contributed by atoms with Crippen molar-refractivity contribution >= 4 is 27.3 Å². The van der Waals surface area contributed by atoms with Crippen LogP contribution in [-0.2, 0) is 0 Å². The summed E-state index contributed by atoms with van der Waals surface area (Å²) in [5.41, 5.74) is 2.43. The molecule has 2 aromatic rings. The Morgan fingerprint density at radius 1 is 1.35 bits per heavy atom. The fraction of sp³-hybridized carbons (Fsp3) is 0.400. The van der Waals surface area contributed by atoms with E-state index in [2.05, 4.69) is 62.7 Å². The molecule has 0 amide bonds. The molecule has 0 spiro atoms. The molecule has 1 fully saturated rings. The van der Waals surface area contributed by atoms with Crippen molar-refractivity contribution in [2.75, 3.05) is 26.2 Å². The van der Waals surface area contributed by atoms with Crippen molar-refractivity contribution in [3.8, 4) is 0 Å². The smallest absolute Gasteiger partial charge is 0.115 e. The van der Waals surface area contributed by atoms with E-state index in [4.69, 9.17) is 4.98 Å². The lowest BCUT2D eigenvalue weighted by Gasteiger charge is -2.34. The van der Waals surface area contributed by atoms with Crippen LogP contribution in [0, 0.1) is 6.92 Å². The summed E-state index contributed by atoms with van der Waals surface area (Å²) in [6.45, 7) is 6.30. The first-order chi connectivity index (χ1) is 9.74. The van der Waals surface area contributed by atoms with Gasteiger partial charge in [0.2, 0.25) is 0 Å². The number of thiazole rings is 1. The third kappa shape index (κ3) is 3.11. The van der Waals surface area contributed by atoms with E-state index in [0.29, 0.717) is 0 Å². The van der Waals surface area contributed by atoms with Crippen molar-refractivity contribution < 1.29 is 0 Å². The van der Waals surface area contributed by atoms with Crippen LogP contribution < -0.4 is 5.32 Å². The summed E-state index contributed by atoms with van der Waals surface area (Å²) >= 11 is 5.35. The van der Waals surface area contributed by atoms with Gasteiger partial charge < -0.3 is 5.32 Å². The van der Waals surface area contributed by atoms with E-state index >= 15 is 0 Å². The standard InChI is InChI=1S/C15H18BrN3S/c1-11-10-20-15(18-11)14(19-7-5-17-6-8-19)12-3-2-4-13(16)9-12/h2-4,9-10,14,17H,5-8H2,1H3. The summed E-state index contributed by atoms with van der Waals surface area (Å²) in [7, 11) is 0. The molecular formula is C15H18BrN3S. The Morgan fingerprint density at radius 2 is 2.15 bits per heavy atom. The number of aromatic nitrogens is 1. The van der Waals surface area contributed by atoms with Gasteiger partial charge in [0.25, 0.3) is 0 Å². The van der Waals surface area contributed by atoms with Crippen molar-refractivity contribution in [3.05, 3.63) is 50.4 Å². The predicted molar refractivity (Wildman–Crippen MR) is 87.3 cm³/mol. The topological polar surface area (TPSA) is 28.2 Å². The van der Waals surface area contributed by atoms with E-state index in [1.165, 1.54) is 10.6 Å². The van der Waals surface area contributed by atoms with Gasteiger partial charge in [-0.05, 0) is 24.6 Å². The van der Waals surface area contributed by atoms with Crippen molar-refractivity contribution in [3.63, 3.8) is 0 Å². The molecular weight excluding hydrogens is 334 g/mol. The summed E-state index contributed by atoms with van der Waals surface area (Å²) in [6.07, 6.45) is 0. The highest BCUT2D eigenvalue weighted by Gasteiger charge is 2.26. The highest BCUT2D eigenvalue weighted by molar-refractivity contribution is 9.10. The minimum absolute atomic E-state index is 0.272. The number of piperazine rings is 1. The Balaban J connectivity index is 1.98. The Kier molecular flexibility index (Phi) is 4.51. The monoisotopic (exact) mass is 351 g/mol. The number of nitrogens with zero attached hydrogens (tertiary/aromatic N) is 2. The van der Waals surface area contributed by atoms with Gasteiger partial charge in [0.1, 0.15) is 5.01 Å². The zero-order valence-electron chi connectivity index (χ0n) is 11.5. The van der Waals surface area contributed by atoms with Gasteiger partial charge in [0, 0.05) is 41.7 Å². The second-order valence-electron chi connectivity index (χ2n) is 5.07. The second-order valence-corrected chi connectivity index (χ2v) is 6.88. The molecule has 1 atom stereocenters. The number of hydrogen-bond acceptors (Lipinski definition) is 4. The number of halogens is 1.